The van der Waals surface area contributed by atoms with Gasteiger partial charge in [-0.15, -0.1) is 7.92 Å². The zero-order valence-electron chi connectivity index (χ0n) is 13.7. The van der Waals surface area contributed by atoms with Crippen molar-refractivity contribution in [3.63, 3.8) is 0 Å². The smallest absolute Gasteiger partial charge is 0.358 e. The van der Waals surface area contributed by atoms with Crippen LogP contribution in [0.3, 0.4) is 0 Å². The Kier molecular flexibility index (Phi) is 19.0. The van der Waals surface area contributed by atoms with Gasteiger partial charge in [-0.05, 0) is 49.6 Å². The first kappa shape index (κ1) is 26.6. The summed E-state index contributed by atoms with van der Waals surface area (Å²) < 4.78 is 0. The van der Waals surface area contributed by atoms with Crippen molar-refractivity contribution < 1.29 is 20.1 Å². The summed E-state index contributed by atoms with van der Waals surface area (Å²) in [7, 11) is 0.380. The summed E-state index contributed by atoms with van der Waals surface area (Å²) in [5, 5.41) is 0. The van der Waals surface area contributed by atoms with Crippen LogP contribution in [-0.4, -0.2) is 20.0 Å². The molecule has 0 aromatic heterocycles. The largest absolute Gasteiger partial charge is 3.00 e. The fourth-order valence-electron chi connectivity index (χ4n) is 2.39. The van der Waals surface area contributed by atoms with E-state index in [-0.39, 0.29) is 35.0 Å². The van der Waals surface area contributed by atoms with Gasteiger partial charge in [0.25, 0.3) is 0 Å². The minimum absolute atomic E-state index is 0. The zero-order chi connectivity index (χ0) is 11.5. The van der Waals surface area contributed by atoms with E-state index < -0.39 is 0 Å². The Hall–Kier alpha value is 1.08. The van der Waals surface area contributed by atoms with E-state index in [2.05, 4.69) is 54.6 Å². The number of hydrogen-bond donors (Lipinski definition) is 0. The molecule has 108 valence electrons. The van der Waals surface area contributed by atoms with Gasteiger partial charge in [-0.1, -0.05) is 34.6 Å². The Labute approximate surface area is 127 Å². The Morgan fingerprint density at radius 3 is 0.647 bits per heavy atom. The van der Waals surface area contributed by atoms with Gasteiger partial charge in [0.1, 0.15) is 0 Å². The molecule has 0 nitrogen and oxygen atoms in total. The second kappa shape index (κ2) is 12.1. The molecule has 0 heterocycles. The van der Waals surface area contributed by atoms with E-state index in [1.807, 2.05) is 0 Å². The van der Waals surface area contributed by atoms with Crippen LogP contribution in [0.5, 0.6) is 0 Å². The first-order chi connectivity index (χ1) is 6.29. The Morgan fingerprint density at radius 2 is 0.588 bits per heavy atom. The van der Waals surface area contributed by atoms with Crippen LogP contribution in [0.4, 0.5) is 0 Å². The molecule has 0 spiro atoms. The fourth-order valence-corrected chi connectivity index (χ4v) is 2.39. The van der Waals surface area contributed by atoms with E-state index in [1.165, 1.54) is 0 Å². The van der Waals surface area contributed by atoms with Crippen LogP contribution in [0, 0.1) is 44.4 Å². The molecule has 1 rings (SSSR count). The molecule has 0 bridgehead atoms. The molecular formula is C15H35IrP+. The maximum atomic E-state index is 2.40. The molecule has 1 saturated carbocycles. The SMILES string of the molecule is CC1C(C)C(C)C(C)C1C.CP(C)C.[CH3-].[CH3-].[Ir+3]. The normalized spacial score (nSPS) is 34.8. The van der Waals surface area contributed by atoms with E-state index in [9.17, 15) is 0 Å². The van der Waals surface area contributed by atoms with Gasteiger partial charge in [-0.3, -0.25) is 0 Å². The van der Waals surface area contributed by atoms with Crippen LogP contribution in [0.2, 0.25) is 0 Å². The van der Waals surface area contributed by atoms with Crippen molar-refractivity contribution in [2.45, 2.75) is 34.6 Å². The average molecular weight is 439 g/mol. The first-order valence-electron chi connectivity index (χ1n) is 5.90. The van der Waals surface area contributed by atoms with E-state index >= 15 is 0 Å². The van der Waals surface area contributed by atoms with Crippen LogP contribution in [0.15, 0.2) is 0 Å². The second-order valence-electron chi connectivity index (χ2n) is 5.64. The summed E-state index contributed by atoms with van der Waals surface area (Å²) in [5.74, 6) is 4.68. The van der Waals surface area contributed by atoms with Crippen LogP contribution in [-0.2, 0) is 20.1 Å². The van der Waals surface area contributed by atoms with Gasteiger partial charge in [0, 0.05) is 0 Å². The fraction of sp³-hybridized carbons (Fsp3) is 0.867. The molecule has 0 saturated heterocycles. The van der Waals surface area contributed by atoms with E-state index in [0.717, 1.165) is 29.6 Å². The predicted octanol–water partition coefficient (Wildman–Crippen LogP) is 5.44. The van der Waals surface area contributed by atoms with Crippen LogP contribution in [0.25, 0.3) is 0 Å². The van der Waals surface area contributed by atoms with E-state index in [4.69, 9.17) is 0 Å². The minimum atomic E-state index is 0. The summed E-state index contributed by atoms with van der Waals surface area (Å²) in [6.07, 6.45) is 0. The van der Waals surface area contributed by atoms with E-state index in [1.54, 1.807) is 0 Å². The van der Waals surface area contributed by atoms with E-state index in [0.29, 0.717) is 7.92 Å². The molecule has 0 atom stereocenters. The molecule has 0 N–H and O–H groups in total. The third-order valence-electron chi connectivity index (χ3n) is 4.15. The van der Waals surface area contributed by atoms with Crippen molar-refractivity contribution in [2.24, 2.45) is 29.6 Å². The third-order valence-corrected chi connectivity index (χ3v) is 4.15. The average Bonchev–Trinajstić information content (AvgIpc) is 2.23. The summed E-state index contributed by atoms with van der Waals surface area (Å²) >= 11 is 0. The van der Waals surface area contributed by atoms with Crippen molar-refractivity contribution in [3.05, 3.63) is 14.9 Å². The first-order valence-corrected chi connectivity index (χ1v) is 8.58. The summed E-state index contributed by atoms with van der Waals surface area (Å²) in [6.45, 7) is 18.7. The number of hydrogen-bond acceptors (Lipinski definition) is 0. The van der Waals surface area contributed by atoms with Gasteiger partial charge in [0.15, 0.2) is 0 Å². The molecule has 0 aliphatic heterocycles. The van der Waals surface area contributed by atoms with Crippen molar-refractivity contribution in [1.82, 2.24) is 0 Å². The molecule has 0 radical (unpaired) electrons. The monoisotopic (exact) mass is 439 g/mol. The van der Waals surface area contributed by atoms with Crippen molar-refractivity contribution in [1.29, 1.82) is 0 Å². The summed E-state index contributed by atoms with van der Waals surface area (Å²) in [4.78, 5) is 0. The zero-order valence-corrected chi connectivity index (χ0v) is 17.0. The molecule has 0 aromatic carbocycles. The quantitative estimate of drug-likeness (QED) is 0.349. The van der Waals surface area contributed by atoms with Gasteiger partial charge < -0.3 is 14.9 Å². The molecule has 0 amide bonds. The van der Waals surface area contributed by atoms with Crippen LogP contribution < -0.4 is 0 Å². The molecule has 0 unspecified atom stereocenters. The second-order valence-corrected chi connectivity index (χ2v) is 8.32. The molecule has 1 fully saturated rings. The van der Waals surface area contributed by atoms with Crippen molar-refractivity contribution in [3.8, 4) is 0 Å². The molecule has 1 aliphatic carbocycles. The topological polar surface area (TPSA) is 0 Å². The Morgan fingerprint density at radius 1 is 0.529 bits per heavy atom. The van der Waals surface area contributed by atoms with Gasteiger partial charge in [0.2, 0.25) is 0 Å². The maximum absolute atomic E-state index is 2.40. The molecule has 2 heteroatoms. The minimum Gasteiger partial charge on any atom is -0.358 e. The van der Waals surface area contributed by atoms with Crippen LogP contribution >= 0.6 is 7.92 Å². The van der Waals surface area contributed by atoms with Crippen LogP contribution in [0.1, 0.15) is 34.6 Å². The Balaban J connectivity index is -0.000000108. The Bertz CT molecular complexity index is 111. The van der Waals surface area contributed by atoms with Crippen molar-refractivity contribution in [2.75, 3.05) is 20.0 Å². The molecular weight excluding hydrogens is 403 g/mol. The molecule has 1 aliphatic rings. The summed E-state index contributed by atoms with van der Waals surface area (Å²) in [5.41, 5.74) is 0. The third kappa shape index (κ3) is 8.74. The van der Waals surface area contributed by atoms with Gasteiger partial charge >= 0.3 is 20.1 Å². The van der Waals surface area contributed by atoms with Gasteiger partial charge in [0.05, 0.1) is 0 Å². The van der Waals surface area contributed by atoms with Gasteiger partial charge in [-0.2, -0.15) is 0 Å². The van der Waals surface area contributed by atoms with Crippen molar-refractivity contribution >= 4 is 7.92 Å². The summed E-state index contributed by atoms with van der Waals surface area (Å²) in [6, 6.07) is 0. The molecule has 0 aromatic rings. The predicted molar refractivity (Wildman–Crippen MR) is 83.3 cm³/mol. The van der Waals surface area contributed by atoms with Gasteiger partial charge in [-0.25, -0.2) is 0 Å². The standard InChI is InChI=1S/C10H20.C3H9P.2CH3.Ir/c1-6-7(2)9(4)10(5)8(6)3;1-4(2)3;;;/h6-10H,1-5H3;1-3H3;2*1H3;/q;;2*-1;+3. The maximum Gasteiger partial charge on any atom is 3.00 e. The molecule has 17 heavy (non-hydrogen) atoms. The number of rotatable bonds is 0.